The minimum absolute atomic E-state index is 0.370. The average molecular weight is 338 g/mol. The van der Waals surface area contributed by atoms with Crippen molar-refractivity contribution in [2.75, 3.05) is 19.6 Å². The standard InChI is InChI=1S/C20H20ClN3/c21-18-7-3-16(4-8-18)20(15-23-12-2-13-23)17-5-9-19(10-6-17)24-14-1-11-22-24/h1,3-11,14,20H,2,12-13,15H2. The number of aromatic nitrogens is 2. The van der Waals surface area contributed by atoms with Crippen LogP contribution in [0, 0.1) is 0 Å². The minimum Gasteiger partial charge on any atom is -0.302 e. The molecule has 0 N–H and O–H groups in total. The van der Waals surface area contributed by atoms with E-state index in [1.807, 2.05) is 29.1 Å². The maximum atomic E-state index is 6.06. The van der Waals surface area contributed by atoms with Gasteiger partial charge in [-0.05, 0) is 61.0 Å². The molecule has 1 fully saturated rings. The van der Waals surface area contributed by atoms with Crippen LogP contribution >= 0.6 is 11.6 Å². The van der Waals surface area contributed by atoms with Gasteiger partial charge in [-0.25, -0.2) is 4.68 Å². The highest BCUT2D eigenvalue weighted by Gasteiger charge is 2.22. The first-order valence-electron chi connectivity index (χ1n) is 8.37. The van der Waals surface area contributed by atoms with Gasteiger partial charge in [0.05, 0.1) is 5.69 Å². The molecule has 2 heterocycles. The average Bonchev–Trinajstić information content (AvgIpc) is 3.10. The van der Waals surface area contributed by atoms with Crippen molar-refractivity contribution in [3.05, 3.63) is 83.1 Å². The van der Waals surface area contributed by atoms with Crippen LogP contribution in [0.15, 0.2) is 67.0 Å². The van der Waals surface area contributed by atoms with E-state index in [4.69, 9.17) is 11.6 Å². The summed E-state index contributed by atoms with van der Waals surface area (Å²) in [5.74, 6) is 0.370. The van der Waals surface area contributed by atoms with E-state index in [0.29, 0.717) is 5.92 Å². The van der Waals surface area contributed by atoms with Gasteiger partial charge < -0.3 is 4.90 Å². The van der Waals surface area contributed by atoms with E-state index < -0.39 is 0 Å². The molecular weight excluding hydrogens is 318 g/mol. The van der Waals surface area contributed by atoms with Gasteiger partial charge >= 0.3 is 0 Å². The number of benzene rings is 2. The summed E-state index contributed by atoms with van der Waals surface area (Å²) in [6.07, 6.45) is 5.08. The Kier molecular flexibility index (Phi) is 4.37. The SMILES string of the molecule is Clc1ccc(C(CN2CCC2)c2ccc(-n3cccn3)cc2)cc1. The van der Waals surface area contributed by atoms with Crippen LogP contribution in [0.2, 0.25) is 5.02 Å². The van der Waals surface area contributed by atoms with Crippen LogP contribution in [0.1, 0.15) is 23.5 Å². The van der Waals surface area contributed by atoms with Gasteiger partial charge in [-0.2, -0.15) is 5.10 Å². The van der Waals surface area contributed by atoms with Gasteiger partial charge in [0.25, 0.3) is 0 Å². The van der Waals surface area contributed by atoms with Gasteiger partial charge in [0.1, 0.15) is 0 Å². The van der Waals surface area contributed by atoms with Crippen LogP contribution in [0.4, 0.5) is 0 Å². The molecule has 0 bridgehead atoms. The van der Waals surface area contributed by atoms with Crippen molar-refractivity contribution < 1.29 is 0 Å². The van der Waals surface area contributed by atoms with Crippen LogP contribution < -0.4 is 0 Å². The Morgan fingerprint density at radius 1 is 0.958 bits per heavy atom. The second kappa shape index (κ2) is 6.80. The predicted molar refractivity (Wildman–Crippen MR) is 97.9 cm³/mol. The molecule has 122 valence electrons. The molecule has 0 saturated carbocycles. The molecule has 4 rings (SSSR count). The lowest BCUT2D eigenvalue weighted by Gasteiger charge is -2.34. The molecule has 0 spiro atoms. The number of halogens is 1. The number of nitrogens with zero attached hydrogens (tertiary/aromatic N) is 3. The van der Waals surface area contributed by atoms with E-state index in [0.717, 1.165) is 17.3 Å². The Labute approximate surface area is 147 Å². The fourth-order valence-corrected chi connectivity index (χ4v) is 3.33. The lowest BCUT2D eigenvalue weighted by molar-refractivity contribution is 0.176. The van der Waals surface area contributed by atoms with Crippen molar-refractivity contribution in [3.63, 3.8) is 0 Å². The van der Waals surface area contributed by atoms with Gasteiger partial charge in [0.15, 0.2) is 0 Å². The summed E-state index contributed by atoms with van der Waals surface area (Å²) in [5.41, 5.74) is 3.74. The second-order valence-electron chi connectivity index (χ2n) is 6.30. The fraction of sp³-hybridized carbons (Fsp3) is 0.250. The summed E-state index contributed by atoms with van der Waals surface area (Å²) in [7, 11) is 0. The van der Waals surface area contributed by atoms with Crippen LogP contribution in [0.5, 0.6) is 0 Å². The summed E-state index contributed by atoms with van der Waals surface area (Å²) in [5, 5.41) is 5.08. The molecule has 1 saturated heterocycles. The molecule has 3 aromatic rings. The number of likely N-dealkylation sites (tertiary alicyclic amines) is 1. The third-order valence-electron chi connectivity index (χ3n) is 4.73. The maximum Gasteiger partial charge on any atom is 0.0645 e. The smallest absolute Gasteiger partial charge is 0.0645 e. The molecule has 3 nitrogen and oxygen atoms in total. The molecule has 2 aromatic carbocycles. The lowest BCUT2D eigenvalue weighted by Crippen LogP contribution is -2.40. The largest absolute Gasteiger partial charge is 0.302 e. The Bertz CT molecular complexity index is 775. The van der Waals surface area contributed by atoms with Crippen LogP contribution in [0.25, 0.3) is 5.69 Å². The van der Waals surface area contributed by atoms with E-state index in [2.05, 4.69) is 46.4 Å². The van der Waals surface area contributed by atoms with Gasteiger partial charge in [-0.3, -0.25) is 0 Å². The Hall–Kier alpha value is -2.10. The summed E-state index contributed by atoms with van der Waals surface area (Å²) in [6.45, 7) is 3.47. The molecule has 0 aliphatic carbocycles. The van der Waals surface area contributed by atoms with E-state index in [1.54, 1.807) is 6.20 Å². The van der Waals surface area contributed by atoms with Gasteiger partial charge in [0, 0.05) is 29.9 Å². The van der Waals surface area contributed by atoms with E-state index in [1.165, 1.54) is 30.6 Å². The van der Waals surface area contributed by atoms with Gasteiger partial charge in [0.2, 0.25) is 0 Å². The van der Waals surface area contributed by atoms with E-state index in [-0.39, 0.29) is 0 Å². The topological polar surface area (TPSA) is 21.1 Å². The van der Waals surface area contributed by atoms with Crippen LogP contribution in [-0.4, -0.2) is 34.3 Å². The highest BCUT2D eigenvalue weighted by Crippen LogP contribution is 2.29. The van der Waals surface area contributed by atoms with Crippen molar-refractivity contribution in [2.45, 2.75) is 12.3 Å². The summed E-state index contributed by atoms with van der Waals surface area (Å²) in [4.78, 5) is 2.51. The van der Waals surface area contributed by atoms with E-state index in [9.17, 15) is 0 Å². The fourth-order valence-electron chi connectivity index (χ4n) is 3.20. The summed E-state index contributed by atoms with van der Waals surface area (Å²) in [6, 6.07) is 18.9. The van der Waals surface area contributed by atoms with Crippen molar-refractivity contribution in [1.82, 2.24) is 14.7 Å². The molecule has 4 heteroatoms. The highest BCUT2D eigenvalue weighted by atomic mass is 35.5. The highest BCUT2D eigenvalue weighted by molar-refractivity contribution is 6.30. The Morgan fingerprint density at radius 2 is 1.62 bits per heavy atom. The van der Waals surface area contributed by atoms with Gasteiger partial charge in [-0.15, -0.1) is 0 Å². The third-order valence-corrected chi connectivity index (χ3v) is 4.98. The Morgan fingerprint density at radius 3 is 2.17 bits per heavy atom. The zero-order chi connectivity index (χ0) is 16.4. The van der Waals surface area contributed by atoms with Crippen LogP contribution in [0.3, 0.4) is 0 Å². The number of rotatable bonds is 5. The molecule has 0 radical (unpaired) electrons. The summed E-state index contributed by atoms with van der Waals surface area (Å²) < 4.78 is 1.89. The molecule has 1 aliphatic rings. The third kappa shape index (κ3) is 3.23. The molecule has 1 aromatic heterocycles. The normalized spacial score (nSPS) is 15.9. The molecule has 1 unspecified atom stereocenters. The first-order valence-corrected chi connectivity index (χ1v) is 8.75. The first kappa shape index (κ1) is 15.4. The van der Waals surface area contributed by atoms with Crippen molar-refractivity contribution in [3.8, 4) is 5.69 Å². The number of hydrogen-bond acceptors (Lipinski definition) is 2. The monoisotopic (exact) mass is 337 g/mol. The van der Waals surface area contributed by atoms with Crippen LogP contribution in [-0.2, 0) is 0 Å². The molecule has 24 heavy (non-hydrogen) atoms. The van der Waals surface area contributed by atoms with Crippen molar-refractivity contribution in [1.29, 1.82) is 0 Å². The maximum absolute atomic E-state index is 6.06. The number of hydrogen-bond donors (Lipinski definition) is 0. The predicted octanol–water partition coefficient (Wildman–Crippen LogP) is 4.36. The Balaban J connectivity index is 1.63. The molecule has 1 atom stereocenters. The quantitative estimate of drug-likeness (QED) is 0.689. The lowest BCUT2D eigenvalue weighted by atomic mass is 9.90. The first-order chi connectivity index (χ1) is 11.8. The van der Waals surface area contributed by atoms with Crippen molar-refractivity contribution in [2.24, 2.45) is 0 Å². The molecule has 1 aliphatic heterocycles. The van der Waals surface area contributed by atoms with Gasteiger partial charge in [-0.1, -0.05) is 35.9 Å². The molecule has 0 amide bonds. The van der Waals surface area contributed by atoms with Crippen molar-refractivity contribution >= 4 is 11.6 Å². The zero-order valence-corrected chi connectivity index (χ0v) is 14.2. The zero-order valence-electron chi connectivity index (χ0n) is 13.5. The summed E-state index contributed by atoms with van der Waals surface area (Å²) >= 11 is 6.06. The molecular formula is C20H20ClN3. The minimum atomic E-state index is 0.370. The second-order valence-corrected chi connectivity index (χ2v) is 6.74. The van der Waals surface area contributed by atoms with E-state index >= 15 is 0 Å².